The summed E-state index contributed by atoms with van der Waals surface area (Å²) in [6, 6.07) is 17.0. The molecule has 7 heteroatoms. The smallest absolute Gasteiger partial charge is 0.0737 e. The third kappa shape index (κ3) is 6.34. The van der Waals surface area contributed by atoms with Crippen molar-refractivity contribution in [3.63, 3.8) is 0 Å². The molecule has 0 spiro atoms. The number of hydrogen-bond donors (Lipinski definition) is 1. The van der Waals surface area contributed by atoms with Gasteiger partial charge in [-0.15, -0.1) is 0 Å². The van der Waals surface area contributed by atoms with E-state index in [0.717, 1.165) is 55.9 Å². The van der Waals surface area contributed by atoms with Crippen molar-refractivity contribution >= 4 is 28.2 Å². The number of aromatic nitrogens is 3. The summed E-state index contributed by atoms with van der Waals surface area (Å²) >= 11 is 6.13. The SMILES string of the molecule is Clc1ccc2c(NCCN3CCC(N(Cc4ccncc4)Cc4ccncc4)CC3)ccnc2c1. The number of nitrogens with zero attached hydrogens (tertiary/aromatic N) is 5. The van der Waals surface area contributed by atoms with Crippen LogP contribution in [0.1, 0.15) is 24.0 Å². The number of halogens is 1. The molecule has 0 unspecified atom stereocenters. The van der Waals surface area contributed by atoms with Crippen molar-refractivity contribution < 1.29 is 0 Å². The molecule has 0 atom stereocenters. The molecule has 0 bridgehead atoms. The summed E-state index contributed by atoms with van der Waals surface area (Å²) in [5, 5.41) is 5.43. The topological polar surface area (TPSA) is 57.2 Å². The Bertz CT molecular complexity index is 1170. The highest BCUT2D eigenvalue weighted by Crippen LogP contribution is 2.25. The largest absolute Gasteiger partial charge is 0.383 e. The van der Waals surface area contributed by atoms with E-state index in [4.69, 9.17) is 11.6 Å². The van der Waals surface area contributed by atoms with E-state index in [9.17, 15) is 0 Å². The van der Waals surface area contributed by atoms with Gasteiger partial charge in [-0.3, -0.25) is 19.9 Å². The van der Waals surface area contributed by atoms with Crippen LogP contribution in [0.25, 0.3) is 10.9 Å². The van der Waals surface area contributed by atoms with Crippen molar-refractivity contribution in [3.05, 3.63) is 95.7 Å². The summed E-state index contributed by atoms with van der Waals surface area (Å²) < 4.78 is 0. The second-order valence-electron chi connectivity index (χ2n) is 9.14. The van der Waals surface area contributed by atoms with E-state index in [2.05, 4.69) is 54.3 Å². The molecular weight excluding hydrogens is 456 g/mol. The molecule has 1 aliphatic heterocycles. The number of rotatable bonds is 9. The van der Waals surface area contributed by atoms with Crippen molar-refractivity contribution in [1.82, 2.24) is 24.8 Å². The fourth-order valence-electron chi connectivity index (χ4n) is 4.89. The van der Waals surface area contributed by atoms with Crippen molar-refractivity contribution in [3.8, 4) is 0 Å². The van der Waals surface area contributed by atoms with Crippen molar-refractivity contribution in [2.24, 2.45) is 0 Å². The second-order valence-corrected chi connectivity index (χ2v) is 9.57. The van der Waals surface area contributed by atoms with Gasteiger partial charge in [-0.1, -0.05) is 11.6 Å². The molecule has 35 heavy (non-hydrogen) atoms. The average Bonchev–Trinajstić information content (AvgIpc) is 2.90. The first-order valence-electron chi connectivity index (χ1n) is 12.3. The summed E-state index contributed by atoms with van der Waals surface area (Å²) in [4.78, 5) is 18.0. The lowest BCUT2D eigenvalue weighted by Gasteiger charge is -2.38. The van der Waals surface area contributed by atoms with Crippen LogP contribution in [0.15, 0.2) is 79.5 Å². The molecule has 0 saturated carbocycles. The number of nitrogens with one attached hydrogen (secondary N) is 1. The van der Waals surface area contributed by atoms with Gasteiger partial charge in [0.25, 0.3) is 0 Å². The van der Waals surface area contributed by atoms with Gasteiger partial charge in [0.2, 0.25) is 0 Å². The first kappa shape index (κ1) is 23.7. The van der Waals surface area contributed by atoms with Gasteiger partial charge in [-0.2, -0.15) is 0 Å². The monoisotopic (exact) mass is 486 g/mol. The number of fused-ring (bicyclic) bond motifs is 1. The Morgan fingerprint density at radius 3 is 2.17 bits per heavy atom. The Hall–Kier alpha value is -3.06. The lowest BCUT2D eigenvalue weighted by atomic mass is 10.0. The van der Waals surface area contributed by atoms with E-state index in [1.807, 2.05) is 55.2 Å². The maximum Gasteiger partial charge on any atom is 0.0737 e. The molecule has 6 nitrogen and oxygen atoms in total. The second kappa shape index (κ2) is 11.6. The quantitative estimate of drug-likeness (QED) is 0.348. The summed E-state index contributed by atoms with van der Waals surface area (Å²) in [7, 11) is 0. The van der Waals surface area contributed by atoms with Gasteiger partial charge in [-0.25, -0.2) is 0 Å². The minimum Gasteiger partial charge on any atom is -0.383 e. The molecular formula is C28H31ClN6. The van der Waals surface area contributed by atoms with Crippen LogP contribution < -0.4 is 5.32 Å². The number of piperidine rings is 1. The van der Waals surface area contributed by atoms with E-state index in [-0.39, 0.29) is 0 Å². The summed E-state index contributed by atoms with van der Waals surface area (Å²) in [6.07, 6.45) is 11.7. The van der Waals surface area contributed by atoms with Gasteiger partial charge in [0.1, 0.15) is 0 Å². The van der Waals surface area contributed by atoms with Crippen LogP contribution in [0.2, 0.25) is 5.02 Å². The van der Waals surface area contributed by atoms with Gasteiger partial charge < -0.3 is 10.2 Å². The minimum absolute atomic E-state index is 0.564. The van der Waals surface area contributed by atoms with Crippen LogP contribution >= 0.6 is 11.6 Å². The molecule has 5 rings (SSSR count). The maximum absolute atomic E-state index is 6.13. The van der Waals surface area contributed by atoms with Crippen LogP contribution in [0.5, 0.6) is 0 Å². The highest BCUT2D eigenvalue weighted by molar-refractivity contribution is 6.31. The van der Waals surface area contributed by atoms with Gasteiger partial charge in [0, 0.05) is 79.3 Å². The molecule has 180 valence electrons. The van der Waals surface area contributed by atoms with Crippen LogP contribution in [0.4, 0.5) is 5.69 Å². The summed E-state index contributed by atoms with van der Waals surface area (Å²) in [6.45, 7) is 6.04. The number of anilines is 1. The molecule has 0 amide bonds. The number of hydrogen-bond acceptors (Lipinski definition) is 6. The Labute approximate surface area is 212 Å². The predicted molar refractivity (Wildman–Crippen MR) is 142 cm³/mol. The molecule has 1 aromatic carbocycles. The van der Waals surface area contributed by atoms with E-state index in [1.165, 1.54) is 24.0 Å². The fraction of sp³-hybridized carbons (Fsp3) is 0.321. The van der Waals surface area contributed by atoms with Gasteiger partial charge in [0.05, 0.1) is 5.52 Å². The fourth-order valence-corrected chi connectivity index (χ4v) is 5.06. The third-order valence-corrected chi connectivity index (χ3v) is 7.03. The van der Waals surface area contributed by atoms with Crippen molar-refractivity contribution in [1.29, 1.82) is 0 Å². The van der Waals surface area contributed by atoms with Gasteiger partial charge in [0.15, 0.2) is 0 Å². The Kier molecular flexibility index (Phi) is 7.83. The number of likely N-dealkylation sites (tertiary alicyclic amines) is 1. The molecule has 1 saturated heterocycles. The Balaban J connectivity index is 1.16. The zero-order valence-electron chi connectivity index (χ0n) is 19.9. The average molecular weight is 487 g/mol. The lowest BCUT2D eigenvalue weighted by molar-refractivity contribution is 0.0984. The predicted octanol–water partition coefficient (Wildman–Crippen LogP) is 5.26. The standard InChI is InChI=1S/C28H31ClN6/c29-24-1-2-26-27(7-14-32-28(26)19-24)33-15-18-34-16-8-25(9-17-34)35(20-22-3-10-30-11-4-22)21-23-5-12-31-13-6-23/h1-7,10-14,19,25H,8-9,15-18,20-21H2,(H,32,33). The molecule has 0 radical (unpaired) electrons. The van der Waals surface area contributed by atoms with Crippen molar-refractivity contribution in [2.75, 3.05) is 31.5 Å². The van der Waals surface area contributed by atoms with Crippen molar-refractivity contribution in [2.45, 2.75) is 32.0 Å². The van der Waals surface area contributed by atoms with E-state index < -0.39 is 0 Å². The highest BCUT2D eigenvalue weighted by atomic mass is 35.5. The van der Waals surface area contributed by atoms with Crippen LogP contribution in [0.3, 0.4) is 0 Å². The zero-order valence-corrected chi connectivity index (χ0v) is 20.6. The number of pyridine rings is 3. The van der Waals surface area contributed by atoms with Crippen LogP contribution in [-0.4, -0.2) is 57.0 Å². The minimum atomic E-state index is 0.564. The molecule has 0 aliphatic carbocycles. The van der Waals surface area contributed by atoms with E-state index >= 15 is 0 Å². The molecule has 1 N–H and O–H groups in total. The summed E-state index contributed by atoms with van der Waals surface area (Å²) in [5.74, 6) is 0. The normalized spacial score (nSPS) is 15.0. The third-order valence-electron chi connectivity index (χ3n) is 6.79. The molecule has 3 aromatic heterocycles. The maximum atomic E-state index is 6.13. The Morgan fingerprint density at radius 2 is 1.51 bits per heavy atom. The van der Waals surface area contributed by atoms with Gasteiger partial charge in [-0.05, 0) is 85.6 Å². The first-order chi connectivity index (χ1) is 17.2. The van der Waals surface area contributed by atoms with E-state index in [1.54, 1.807) is 0 Å². The lowest BCUT2D eigenvalue weighted by Crippen LogP contribution is -2.45. The molecule has 1 fully saturated rings. The zero-order chi connectivity index (χ0) is 23.9. The number of benzene rings is 1. The van der Waals surface area contributed by atoms with Crippen LogP contribution in [-0.2, 0) is 13.1 Å². The first-order valence-corrected chi connectivity index (χ1v) is 12.6. The Morgan fingerprint density at radius 1 is 0.857 bits per heavy atom. The molecule has 1 aliphatic rings. The van der Waals surface area contributed by atoms with Crippen LogP contribution in [0, 0.1) is 0 Å². The highest BCUT2D eigenvalue weighted by Gasteiger charge is 2.25. The van der Waals surface area contributed by atoms with E-state index in [0.29, 0.717) is 11.1 Å². The molecule has 4 aromatic rings. The molecule has 4 heterocycles. The summed E-state index contributed by atoms with van der Waals surface area (Å²) in [5.41, 5.74) is 4.66. The van der Waals surface area contributed by atoms with Gasteiger partial charge >= 0.3 is 0 Å².